The molecule has 3 aromatic rings. The lowest BCUT2D eigenvalue weighted by atomic mass is 9.88. The van der Waals surface area contributed by atoms with Crippen LogP contribution in [0.5, 0.6) is 0 Å². The molecule has 1 atom stereocenters. The predicted molar refractivity (Wildman–Crippen MR) is 91.0 cm³/mol. The van der Waals surface area contributed by atoms with E-state index in [2.05, 4.69) is 0 Å². The van der Waals surface area contributed by atoms with Gasteiger partial charge in [-0.2, -0.15) is 0 Å². The van der Waals surface area contributed by atoms with Gasteiger partial charge >= 0.3 is 0 Å². The molecule has 0 spiro atoms. The lowest BCUT2D eigenvalue weighted by Gasteiger charge is -2.16. The average Bonchev–Trinajstić information content (AvgIpc) is 2.53. The van der Waals surface area contributed by atoms with Crippen molar-refractivity contribution in [3.05, 3.63) is 82.9 Å². The molecule has 0 bridgehead atoms. The van der Waals surface area contributed by atoms with Gasteiger partial charge in [0.2, 0.25) is 5.91 Å². The van der Waals surface area contributed by atoms with Gasteiger partial charge in [-0.1, -0.05) is 66.2 Å². The van der Waals surface area contributed by atoms with E-state index < -0.39 is 0 Å². The van der Waals surface area contributed by atoms with Crippen molar-refractivity contribution in [3.8, 4) is 0 Å². The van der Waals surface area contributed by atoms with Crippen molar-refractivity contribution in [2.75, 3.05) is 0 Å². The van der Waals surface area contributed by atoms with Crippen molar-refractivity contribution < 1.29 is 4.79 Å². The van der Waals surface area contributed by atoms with Gasteiger partial charge < -0.3 is 5.73 Å². The Morgan fingerprint density at radius 2 is 1.77 bits per heavy atom. The molecule has 0 saturated carbocycles. The van der Waals surface area contributed by atoms with Crippen LogP contribution in [0.1, 0.15) is 17.0 Å². The number of primary amides is 1. The number of carbonyl (C=O) groups is 1. The molecular formula is C19H16ClNO. The molecule has 22 heavy (non-hydrogen) atoms. The number of nitrogens with two attached hydrogens (primary N) is 1. The Balaban J connectivity index is 2.09. The Hall–Kier alpha value is -2.32. The largest absolute Gasteiger partial charge is 0.369 e. The number of hydrogen-bond donors (Lipinski definition) is 1. The number of benzene rings is 3. The van der Waals surface area contributed by atoms with E-state index in [1.54, 1.807) is 0 Å². The summed E-state index contributed by atoms with van der Waals surface area (Å²) in [6, 6.07) is 21.5. The molecule has 0 aliphatic carbocycles. The zero-order valence-corrected chi connectivity index (χ0v) is 12.8. The van der Waals surface area contributed by atoms with Crippen LogP contribution in [0, 0.1) is 0 Å². The first-order valence-electron chi connectivity index (χ1n) is 7.16. The van der Waals surface area contributed by atoms with Gasteiger partial charge in [-0.3, -0.25) is 4.79 Å². The maximum absolute atomic E-state index is 12.0. The zero-order chi connectivity index (χ0) is 15.5. The van der Waals surface area contributed by atoms with E-state index in [-0.39, 0.29) is 11.8 Å². The minimum absolute atomic E-state index is 0.323. The number of fused-ring (bicyclic) bond motifs is 1. The summed E-state index contributed by atoms with van der Waals surface area (Å²) in [4.78, 5) is 12.0. The minimum atomic E-state index is -0.371. The van der Waals surface area contributed by atoms with E-state index in [1.807, 2.05) is 66.7 Å². The van der Waals surface area contributed by atoms with Crippen LogP contribution in [0.3, 0.4) is 0 Å². The molecule has 0 heterocycles. The molecule has 3 rings (SSSR count). The summed E-state index contributed by atoms with van der Waals surface area (Å²) in [5.41, 5.74) is 7.69. The summed E-state index contributed by atoms with van der Waals surface area (Å²) in [5.74, 6) is -0.694. The maximum atomic E-state index is 12.0. The van der Waals surface area contributed by atoms with Crippen LogP contribution in [0.4, 0.5) is 0 Å². The number of hydrogen-bond acceptors (Lipinski definition) is 1. The Labute approximate surface area is 134 Å². The van der Waals surface area contributed by atoms with E-state index in [4.69, 9.17) is 17.3 Å². The second-order valence-electron chi connectivity index (χ2n) is 5.36. The van der Waals surface area contributed by atoms with Crippen molar-refractivity contribution >= 4 is 28.3 Å². The molecule has 0 aromatic heterocycles. The summed E-state index contributed by atoms with van der Waals surface area (Å²) >= 11 is 6.12. The third-order valence-electron chi connectivity index (χ3n) is 3.88. The Bertz CT molecular complexity index is 814. The molecule has 0 fully saturated rings. The quantitative estimate of drug-likeness (QED) is 0.767. The van der Waals surface area contributed by atoms with Crippen molar-refractivity contribution in [3.63, 3.8) is 0 Å². The molecule has 0 radical (unpaired) electrons. The predicted octanol–water partition coefficient (Wildman–Crippen LogP) is 4.30. The maximum Gasteiger partial charge on any atom is 0.225 e. The second kappa shape index (κ2) is 6.20. The first-order valence-corrected chi connectivity index (χ1v) is 7.54. The lowest BCUT2D eigenvalue weighted by molar-refractivity contribution is -0.119. The molecule has 2 N–H and O–H groups in total. The van der Waals surface area contributed by atoms with Crippen LogP contribution in [-0.2, 0) is 11.2 Å². The highest BCUT2D eigenvalue weighted by atomic mass is 35.5. The SMILES string of the molecule is NC(=O)C(Cc1ccccc1)c1cccc2ccc(Cl)cc12. The van der Waals surface area contributed by atoms with Gasteiger partial charge in [0.15, 0.2) is 0 Å². The summed E-state index contributed by atoms with van der Waals surface area (Å²) < 4.78 is 0. The molecule has 3 aromatic carbocycles. The van der Waals surface area contributed by atoms with Gasteiger partial charge in [0.05, 0.1) is 5.92 Å². The Kier molecular flexibility index (Phi) is 4.12. The van der Waals surface area contributed by atoms with Gasteiger partial charge in [-0.25, -0.2) is 0 Å². The third kappa shape index (κ3) is 2.97. The van der Waals surface area contributed by atoms with Crippen molar-refractivity contribution in [2.24, 2.45) is 5.73 Å². The van der Waals surface area contributed by atoms with Crippen molar-refractivity contribution in [1.29, 1.82) is 0 Å². The standard InChI is InChI=1S/C19H16ClNO/c20-15-10-9-14-7-4-8-16(17(14)12-15)18(19(21)22)11-13-5-2-1-3-6-13/h1-10,12,18H,11H2,(H2,21,22). The van der Waals surface area contributed by atoms with Gasteiger partial charge in [0.25, 0.3) is 0 Å². The first-order chi connectivity index (χ1) is 10.6. The minimum Gasteiger partial charge on any atom is -0.369 e. The van der Waals surface area contributed by atoms with Crippen LogP contribution >= 0.6 is 11.6 Å². The van der Waals surface area contributed by atoms with Crippen LogP contribution in [0.2, 0.25) is 5.02 Å². The summed E-state index contributed by atoms with van der Waals surface area (Å²) in [6.45, 7) is 0. The second-order valence-corrected chi connectivity index (χ2v) is 5.79. The molecule has 1 amide bonds. The number of amides is 1. The van der Waals surface area contributed by atoms with Gasteiger partial charge in [-0.05, 0) is 40.5 Å². The fourth-order valence-electron chi connectivity index (χ4n) is 2.79. The van der Waals surface area contributed by atoms with Crippen molar-refractivity contribution in [2.45, 2.75) is 12.3 Å². The highest BCUT2D eigenvalue weighted by Crippen LogP contribution is 2.30. The topological polar surface area (TPSA) is 43.1 Å². The summed E-state index contributed by atoms with van der Waals surface area (Å²) in [6.07, 6.45) is 0.585. The Morgan fingerprint density at radius 3 is 2.50 bits per heavy atom. The molecule has 2 nitrogen and oxygen atoms in total. The fourth-order valence-corrected chi connectivity index (χ4v) is 2.96. The normalized spacial score (nSPS) is 12.2. The molecule has 3 heteroatoms. The van der Waals surface area contributed by atoms with Gasteiger partial charge in [0.1, 0.15) is 0 Å². The monoisotopic (exact) mass is 309 g/mol. The highest BCUT2D eigenvalue weighted by molar-refractivity contribution is 6.31. The number of rotatable bonds is 4. The van der Waals surface area contributed by atoms with Crippen LogP contribution in [0.25, 0.3) is 10.8 Å². The third-order valence-corrected chi connectivity index (χ3v) is 4.11. The summed E-state index contributed by atoms with van der Waals surface area (Å²) in [5, 5.41) is 2.69. The van der Waals surface area contributed by atoms with Gasteiger partial charge in [-0.15, -0.1) is 0 Å². The van der Waals surface area contributed by atoms with E-state index in [1.165, 1.54) is 0 Å². The molecule has 110 valence electrons. The molecule has 1 unspecified atom stereocenters. The van der Waals surface area contributed by atoms with E-state index in [9.17, 15) is 4.79 Å². The zero-order valence-electron chi connectivity index (χ0n) is 12.0. The number of halogens is 1. The van der Waals surface area contributed by atoms with Crippen LogP contribution < -0.4 is 5.73 Å². The Morgan fingerprint density at radius 1 is 1.00 bits per heavy atom. The lowest BCUT2D eigenvalue weighted by Crippen LogP contribution is -2.23. The van der Waals surface area contributed by atoms with Crippen LogP contribution in [-0.4, -0.2) is 5.91 Å². The van der Waals surface area contributed by atoms with E-state index in [0.717, 1.165) is 21.9 Å². The van der Waals surface area contributed by atoms with Crippen molar-refractivity contribution in [1.82, 2.24) is 0 Å². The number of carbonyl (C=O) groups excluding carboxylic acids is 1. The van der Waals surface area contributed by atoms with Gasteiger partial charge in [0, 0.05) is 5.02 Å². The summed E-state index contributed by atoms with van der Waals surface area (Å²) in [7, 11) is 0. The van der Waals surface area contributed by atoms with Crippen LogP contribution in [0.15, 0.2) is 66.7 Å². The highest BCUT2D eigenvalue weighted by Gasteiger charge is 2.20. The van der Waals surface area contributed by atoms with E-state index in [0.29, 0.717) is 11.4 Å². The molecular weight excluding hydrogens is 294 g/mol. The molecule has 0 aliphatic rings. The molecule has 0 aliphatic heterocycles. The smallest absolute Gasteiger partial charge is 0.225 e. The average molecular weight is 310 g/mol. The fraction of sp³-hybridized carbons (Fsp3) is 0.105. The van der Waals surface area contributed by atoms with E-state index >= 15 is 0 Å². The first kappa shape index (κ1) is 14.6. The molecule has 0 saturated heterocycles.